The second-order valence-corrected chi connectivity index (χ2v) is 6.89. The van der Waals surface area contributed by atoms with Gasteiger partial charge in [-0.25, -0.2) is 0 Å². The lowest BCUT2D eigenvalue weighted by Crippen LogP contribution is -2.28. The van der Waals surface area contributed by atoms with Crippen LogP contribution in [0.2, 0.25) is 0 Å². The Hall–Kier alpha value is -1.78. The first-order chi connectivity index (χ1) is 11.6. The summed E-state index contributed by atoms with van der Waals surface area (Å²) in [6.45, 7) is 2.75. The fraction of sp³-hybridized carbons (Fsp3) is 0.350. The van der Waals surface area contributed by atoms with Crippen molar-refractivity contribution in [3.8, 4) is 0 Å². The number of carbonyl (C=O) groups excluding carboxylic acids is 1. The summed E-state index contributed by atoms with van der Waals surface area (Å²) in [7, 11) is 1.82. The molecule has 0 fully saturated rings. The summed E-state index contributed by atoms with van der Waals surface area (Å²) in [4.78, 5) is 14.0. The van der Waals surface area contributed by atoms with Crippen LogP contribution < -0.4 is 0 Å². The maximum atomic E-state index is 12.2. The number of rotatable bonds is 8. The summed E-state index contributed by atoms with van der Waals surface area (Å²) >= 11 is 1.47. The molecule has 0 aliphatic heterocycles. The van der Waals surface area contributed by atoms with E-state index in [9.17, 15) is 9.90 Å². The Labute approximate surface area is 148 Å². The molecule has 0 saturated heterocycles. The Balaban J connectivity index is 1.75. The number of hydrogen-bond donors (Lipinski definition) is 1. The molecule has 1 amide bonds. The number of nitrogens with zero attached hydrogens (tertiary/aromatic N) is 1. The fourth-order valence-corrected chi connectivity index (χ4v) is 3.31. The molecule has 0 aromatic heterocycles. The minimum absolute atomic E-state index is 0.0832. The summed E-state index contributed by atoms with van der Waals surface area (Å²) in [5.74, 6) is 0.988. The highest BCUT2D eigenvalue weighted by Crippen LogP contribution is 2.18. The van der Waals surface area contributed by atoms with Crippen molar-refractivity contribution in [1.82, 2.24) is 4.90 Å². The number of thioether (sulfide) groups is 1. The average molecular weight is 343 g/mol. The quantitative estimate of drug-likeness (QED) is 0.795. The Kier molecular flexibility index (Phi) is 7.35. The number of aryl methyl sites for hydroxylation is 1. The van der Waals surface area contributed by atoms with Crippen molar-refractivity contribution in [3.63, 3.8) is 0 Å². The van der Waals surface area contributed by atoms with Gasteiger partial charge >= 0.3 is 0 Å². The molecule has 1 N–H and O–H groups in total. The lowest BCUT2D eigenvalue weighted by Gasteiger charge is -2.18. The molecule has 0 bridgehead atoms. The number of amides is 1. The standard InChI is InChI=1S/C20H25NO2S/c1-3-16-9-11-17(12-10-16)13-21(2)20(23)15-24-14-19(22)18-7-5-4-6-8-18/h4-12,19,22H,3,13-15H2,1-2H3. The van der Waals surface area contributed by atoms with Gasteiger partial charge < -0.3 is 10.0 Å². The molecule has 3 nitrogen and oxygen atoms in total. The van der Waals surface area contributed by atoms with Gasteiger partial charge in [-0.15, -0.1) is 11.8 Å². The van der Waals surface area contributed by atoms with Crippen LogP contribution in [0.5, 0.6) is 0 Å². The Morgan fingerprint density at radius 2 is 1.71 bits per heavy atom. The third-order valence-electron chi connectivity index (χ3n) is 3.96. The zero-order chi connectivity index (χ0) is 17.4. The molecule has 1 atom stereocenters. The second-order valence-electron chi connectivity index (χ2n) is 5.86. The van der Waals surface area contributed by atoms with Gasteiger partial charge in [0, 0.05) is 19.3 Å². The summed E-state index contributed by atoms with van der Waals surface area (Å²) in [5.41, 5.74) is 3.33. The molecule has 1 unspecified atom stereocenters. The monoisotopic (exact) mass is 343 g/mol. The van der Waals surface area contributed by atoms with Crippen molar-refractivity contribution in [2.24, 2.45) is 0 Å². The van der Waals surface area contributed by atoms with Crippen LogP contribution in [-0.4, -0.2) is 34.5 Å². The van der Waals surface area contributed by atoms with E-state index in [2.05, 4.69) is 31.2 Å². The van der Waals surface area contributed by atoms with E-state index in [0.29, 0.717) is 18.1 Å². The van der Waals surface area contributed by atoms with Crippen LogP contribution in [0.25, 0.3) is 0 Å². The van der Waals surface area contributed by atoms with E-state index in [-0.39, 0.29) is 5.91 Å². The largest absolute Gasteiger partial charge is 0.388 e. The van der Waals surface area contributed by atoms with Crippen LogP contribution in [-0.2, 0) is 17.8 Å². The third kappa shape index (κ3) is 5.69. The minimum Gasteiger partial charge on any atom is -0.388 e. The number of benzene rings is 2. The topological polar surface area (TPSA) is 40.5 Å². The van der Waals surface area contributed by atoms with Crippen LogP contribution in [0.3, 0.4) is 0 Å². The predicted octanol–water partition coefficient (Wildman–Crippen LogP) is 3.67. The minimum atomic E-state index is -0.532. The number of aliphatic hydroxyl groups is 1. The smallest absolute Gasteiger partial charge is 0.232 e. The van der Waals surface area contributed by atoms with Crippen molar-refractivity contribution < 1.29 is 9.90 Å². The van der Waals surface area contributed by atoms with Gasteiger partial charge in [0.1, 0.15) is 0 Å². The highest BCUT2D eigenvalue weighted by atomic mass is 32.2. The molecule has 128 valence electrons. The summed E-state index contributed by atoms with van der Waals surface area (Å²) in [6, 6.07) is 17.9. The van der Waals surface area contributed by atoms with Crippen LogP contribution in [0.1, 0.15) is 29.7 Å². The maximum Gasteiger partial charge on any atom is 0.232 e. The van der Waals surface area contributed by atoms with Crippen LogP contribution in [0.15, 0.2) is 54.6 Å². The summed E-state index contributed by atoms with van der Waals surface area (Å²) < 4.78 is 0. The first-order valence-corrected chi connectivity index (χ1v) is 9.38. The van der Waals surface area contributed by atoms with E-state index < -0.39 is 6.10 Å². The van der Waals surface area contributed by atoms with Crippen LogP contribution >= 0.6 is 11.8 Å². The molecule has 0 aliphatic carbocycles. The average Bonchev–Trinajstić information content (AvgIpc) is 2.62. The van der Waals surface area contributed by atoms with Gasteiger partial charge in [-0.2, -0.15) is 0 Å². The van der Waals surface area contributed by atoms with Gasteiger partial charge in [-0.05, 0) is 23.1 Å². The van der Waals surface area contributed by atoms with Crippen molar-refractivity contribution >= 4 is 17.7 Å². The molecule has 0 heterocycles. The molecule has 24 heavy (non-hydrogen) atoms. The van der Waals surface area contributed by atoms with Crippen LogP contribution in [0.4, 0.5) is 0 Å². The number of carbonyl (C=O) groups is 1. The van der Waals surface area contributed by atoms with Crippen molar-refractivity contribution in [2.75, 3.05) is 18.6 Å². The molecule has 2 rings (SSSR count). The molecule has 0 aliphatic rings. The Morgan fingerprint density at radius 1 is 1.08 bits per heavy atom. The zero-order valence-electron chi connectivity index (χ0n) is 14.3. The van der Waals surface area contributed by atoms with Gasteiger partial charge in [0.25, 0.3) is 0 Å². The molecular weight excluding hydrogens is 318 g/mol. The van der Waals surface area contributed by atoms with Crippen molar-refractivity contribution in [2.45, 2.75) is 26.0 Å². The SMILES string of the molecule is CCc1ccc(CN(C)C(=O)CSCC(O)c2ccccc2)cc1. The van der Waals surface area contributed by atoms with Crippen molar-refractivity contribution in [1.29, 1.82) is 0 Å². The molecule has 2 aromatic carbocycles. The fourth-order valence-electron chi connectivity index (χ4n) is 2.38. The highest BCUT2D eigenvalue weighted by molar-refractivity contribution is 7.99. The molecule has 2 aromatic rings. The Morgan fingerprint density at radius 3 is 2.33 bits per heavy atom. The van der Waals surface area contributed by atoms with Crippen LogP contribution in [0, 0.1) is 0 Å². The van der Waals surface area contributed by atoms with Gasteiger partial charge in [0.2, 0.25) is 5.91 Å². The molecule has 4 heteroatoms. The lowest BCUT2D eigenvalue weighted by molar-refractivity contribution is -0.127. The molecule has 0 radical (unpaired) electrons. The molecule has 0 saturated carbocycles. The second kappa shape index (κ2) is 9.50. The van der Waals surface area contributed by atoms with E-state index in [1.54, 1.807) is 4.90 Å². The van der Waals surface area contributed by atoms with Gasteiger partial charge in [0.15, 0.2) is 0 Å². The molecular formula is C20H25NO2S. The first kappa shape index (κ1) is 18.6. The van der Waals surface area contributed by atoms with E-state index in [1.165, 1.54) is 17.3 Å². The zero-order valence-corrected chi connectivity index (χ0v) is 15.1. The summed E-state index contributed by atoms with van der Waals surface area (Å²) in [5, 5.41) is 10.1. The van der Waals surface area contributed by atoms with E-state index in [1.807, 2.05) is 37.4 Å². The Bertz CT molecular complexity index is 628. The number of aliphatic hydroxyl groups excluding tert-OH is 1. The third-order valence-corrected chi connectivity index (χ3v) is 4.96. The van der Waals surface area contributed by atoms with Gasteiger partial charge in [-0.1, -0.05) is 61.5 Å². The van der Waals surface area contributed by atoms with E-state index in [4.69, 9.17) is 0 Å². The molecule has 0 spiro atoms. The predicted molar refractivity (Wildman–Crippen MR) is 101 cm³/mol. The number of hydrogen-bond acceptors (Lipinski definition) is 3. The first-order valence-electron chi connectivity index (χ1n) is 8.22. The van der Waals surface area contributed by atoms with E-state index >= 15 is 0 Å². The normalized spacial score (nSPS) is 12.0. The van der Waals surface area contributed by atoms with Gasteiger partial charge in [-0.3, -0.25) is 4.79 Å². The van der Waals surface area contributed by atoms with E-state index in [0.717, 1.165) is 17.5 Å². The lowest BCUT2D eigenvalue weighted by atomic mass is 10.1. The van der Waals surface area contributed by atoms with Gasteiger partial charge in [0.05, 0.1) is 11.9 Å². The maximum absolute atomic E-state index is 12.2. The summed E-state index contributed by atoms with van der Waals surface area (Å²) in [6.07, 6.45) is 0.492. The van der Waals surface area contributed by atoms with Crippen molar-refractivity contribution in [3.05, 3.63) is 71.3 Å². The highest BCUT2D eigenvalue weighted by Gasteiger charge is 2.12.